The van der Waals surface area contributed by atoms with Gasteiger partial charge >= 0.3 is 0 Å². The Morgan fingerprint density at radius 1 is 1.29 bits per heavy atom. The lowest BCUT2D eigenvalue weighted by Gasteiger charge is -2.05. The fourth-order valence-electron chi connectivity index (χ4n) is 2.17. The zero-order valence-corrected chi connectivity index (χ0v) is 12.1. The summed E-state index contributed by atoms with van der Waals surface area (Å²) in [5.74, 6) is 0.534. The predicted molar refractivity (Wildman–Crippen MR) is 82.1 cm³/mol. The molecule has 2 heterocycles. The quantitative estimate of drug-likeness (QED) is 0.754. The number of pyridine rings is 1. The molecule has 0 fully saturated rings. The molecule has 5 nitrogen and oxygen atoms in total. The van der Waals surface area contributed by atoms with Crippen LogP contribution in [-0.4, -0.2) is 21.6 Å². The second-order valence-electron chi connectivity index (χ2n) is 4.49. The number of ether oxygens (including phenoxy) is 1. The summed E-state index contributed by atoms with van der Waals surface area (Å²) in [5, 5.41) is 8.72. The van der Waals surface area contributed by atoms with E-state index in [1.54, 1.807) is 13.2 Å². The first kappa shape index (κ1) is 13.3. The van der Waals surface area contributed by atoms with Crippen molar-refractivity contribution in [3.8, 4) is 17.6 Å². The molecule has 3 rings (SSSR count). The van der Waals surface area contributed by atoms with Crippen molar-refractivity contribution in [1.82, 2.24) is 14.5 Å². The van der Waals surface area contributed by atoms with Gasteiger partial charge in [-0.1, -0.05) is 12.1 Å². The Balaban J connectivity index is 2.17. The molecule has 1 aromatic carbocycles. The van der Waals surface area contributed by atoms with E-state index in [1.807, 2.05) is 34.9 Å². The Kier molecular flexibility index (Phi) is 3.42. The normalized spacial score (nSPS) is 10.5. The minimum absolute atomic E-state index is 0.394. The zero-order chi connectivity index (χ0) is 14.8. The molecule has 0 aliphatic carbocycles. The van der Waals surface area contributed by atoms with Crippen LogP contribution >= 0.6 is 12.2 Å². The number of H-pyrrole nitrogens is 1. The van der Waals surface area contributed by atoms with E-state index >= 15 is 0 Å². The van der Waals surface area contributed by atoms with Gasteiger partial charge in [0.15, 0.2) is 10.4 Å². The molecule has 6 heteroatoms. The van der Waals surface area contributed by atoms with Crippen molar-refractivity contribution in [2.24, 2.45) is 0 Å². The second kappa shape index (κ2) is 5.38. The Bertz CT molecular complexity index is 887. The zero-order valence-electron chi connectivity index (χ0n) is 11.3. The number of nitriles is 1. The van der Waals surface area contributed by atoms with Gasteiger partial charge in [-0.2, -0.15) is 10.2 Å². The van der Waals surface area contributed by atoms with Gasteiger partial charge in [-0.05, 0) is 36.0 Å². The molecular formula is C15H12N4OS. The summed E-state index contributed by atoms with van der Waals surface area (Å²) < 4.78 is 7.58. The van der Waals surface area contributed by atoms with Crippen molar-refractivity contribution in [3.05, 3.63) is 46.7 Å². The van der Waals surface area contributed by atoms with Crippen LogP contribution in [0.3, 0.4) is 0 Å². The molecule has 0 radical (unpaired) electrons. The number of aromatic nitrogens is 3. The highest BCUT2D eigenvalue weighted by Gasteiger charge is 2.09. The van der Waals surface area contributed by atoms with Crippen LogP contribution in [0.5, 0.6) is 5.88 Å². The van der Waals surface area contributed by atoms with Crippen LogP contribution in [-0.2, 0) is 6.42 Å². The third-order valence-electron chi connectivity index (χ3n) is 3.19. The number of imidazole rings is 1. The molecule has 3 aromatic rings. The summed E-state index contributed by atoms with van der Waals surface area (Å²) in [4.78, 5) is 7.56. The standard InChI is InChI=1S/C15H12N4OS/c1-20-13-7-6-12-14(18-13)19(15(21)17-12)11-4-2-10(3-5-11)8-9-16/h2-7H,8H2,1H3,(H,17,21). The molecule has 0 atom stereocenters. The van der Waals surface area contributed by atoms with Crippen LogP contribution in [0.2, 0.25) is 0 Å². The van der Waals surface area contributed by atoms with Crippen molar-refractivity contribution in [2.45, 2.75) is 6.42 Å². The first-order valence-electron chi connectivity index (χ1n) is 6.35. The molecule has 0 aliphatic rings. The van der Waals surface area contributed by atoms with E-state index in [-0.39, 0.29) is 0 Å². The lowest BCUT2D eigenvalue weighted by atomic mass is 10.1. The maximum atomic E-state index is 8.72. The minimum atomic E-state index is 0.394. The number of rotatable bonds is 3. The number of nitrogens with one attached hydrogen (secondary N) is 1. The summed E-state index contributed by atoms with van der Waals surface area (Å²) in [7, 11) is 1.58. The molecule has 21 heavy (non-hydrogen) atoms. The van der Waals surface area contributed by atoms with Crippen molar-refractivity contribution in [1.29, 1.82) is 5.26 Å². The number of benzene rings is 1. The van der Waals surface area contributed by atoms with E-state index in [1.165, 1.54) is 0 Å². The average Bonchev–Trinajstić information content (AvgIpc) is 2.83. The van der Waals surface area contributed by atoms with Crippen LogP contribution < -0.4 is 4.74 Å². The van der Waals surface area contributed by atoms with Gasteiger partial charge in [0.2, 0.25) is 5.88 Å². The van der Waals surface area contributed by atoms with Crippen molar-refractivity contribution >= 4 is 23.4 Å². The highest BCUT2D eigenvalue weighted by molar-refractivity contribution is 7.71. The molecule has 104 valence electrons. The van der Waals surface area contributed by atoms with Crippen LogP contribution in [0.25, 0.3) is 16.9 Å². The fourth-order valence-corrected chi connectivity index (χ4v) is 2.48. The van der Waals surface area contributed by atoms with Gasteiger partial charge in [0.1, 0.15) is 0 Å². The summed E-state index contributed by atoms with van der Waals surface area (Å²) >= 11 is 5.37. The average molecular weight is 296 g/mol. The van der Waals surface area contributed by atoms with Gasteiger partial charge in [0.25, 0.3) is 0 Å². The molecule has 0 bridgehead atoms. The van der Waals surface area contributed by atoms with Crippen molar-refractivity contribution < 1.29 is 4.74 Å². The molecule has 2 aromatic heterocycles. The van der Waals surface area contributed by atoms with Crippen LogP contribution in [0.4, 0.5) is 0 Å². The number of methoxy groups -OCH3 is 1. The molecule has 0 spiro atoms. The summed E-state index contributed by atoms with van der Waals surface area (Å²) in [6.45, 7) is 0. The Morgan fingerprint density at radius 3 is 2.71 bits per heavy atom. The largest absolute Gasteiger partial charge is 0.481 e. The fraction of sp³-hybridized carbons (Fsp3) is 0.133. The lowest BCUT2D eigenvalue weighted by molar-refractivity contribution is 0.399. The van der Waals surface area contributed by atoms with Gasteiger partial charge in [-0.15, -0.1) is 0 Å². The predicted octanol–water partition coefficient (Wildman–Crippen LogP) is 3.16. The topological polar surface area (TPSA) is 66.6 Å². The molecule has 0 aliphatic heterocycles. The number of hydrogen-bond acceptors (Lipinski definition) is 4. The van der Waals surface area contributed by atoms with E-state index < -0.39 is 0 Å². The molecule has 0 saturated carbocycles. The van der Waals surface area contributed by atoms with Crippen molar-refractivity contribution in [2.75, 3.05) is 7.11 Å². The van der Waals surface area contributed by atoms with Gasteiger partial charge in [0.05, 0.1) is 25.1 Å². The lowest BCUT2D eigenvalue weighted by Crippen LogP contribution is -1.97. The number of aromatic amines is 1. The molecular weight excluding hydrogens is 284 g/mol. The maximum absolute atomic E-state index is 8.72. The van der Waals surface area contributed by atoms with Gasteiger partial charge in [-0.25, -0.2) is 0 Å². The summed E-state index contributed by atoms with van der Waals surface area (Å²) in [6, 6.07) is 13.5. The third-order valence-corrected chi connectivity index (χ3v) is 3.48. The first-order valence-corrected chi connectivity index (χ1v) is 6.76. The Morgan fingerprint density at radius 2 is 2.05 bits per heavy atom. The van der Waals surface area contributed by atoms with Gasteiger partial charge in [-0.3, -0.25) is 4.57 Å². The molecule has 0 unspecified atom stereocenters. The highest BCUT2D eigenvalue weighted by atomic mass is 32.1. The highest BCUT2D eigenvalue weighted by Crippen LogP contribution is 2.21. The number of nitrogens with zero attached hydrogens (tertiary/aromatic N) is 3. The monoisotopic (exact) mass is 296 g/mol. The molecule has 1 N–H and O–H groups in total. The van der Waals surface area contributed by atoms with Crippen LogP contribution in [0, 0.1) is 16.1 Å². The van der Waals surface area contributed by atoms with Crippen LogP contribution in [0.15, 0.2) is 36.4 Å². The number of fused-ring (bicyclic) bond motifs is 1. The van der Waals surface area contributed by atoms with Crippen molar-refractivity contribution in [3.63, 3.8) is 0 Å². The Hall–Kier alpha value is -2.65. The third kappa shape index (κ3) is 2.39. The number of hydrogen-bond donors (Lipinski definition) is 1. The van der Waals surface area contributed by atoms with E-state index in [2.05, 4.69) is 16.0 Å². The van der Waals surface area contributed by atoms with Crippen LogP contribution in [0.1, 0.15) is 5.56 Å². The molecule has 0 amide bonds. The maximum Gasteiger partial charge on any atom is 0.215 e. The Labute approximate surface area is 126 Å². The summed E-state index contributed by atoms with van der Waals surface area (Å²) in [5.41, 5.74) is 3.43. The SMILES string of the molecule is COc1ccc2[nH]c(=S)n(-c3ccc(CC#N)cc3)c2n1. The van der Waals surface area contributed by atoms with Gasteiger partial charge < -0.3 is 9.72 Å². The van der Waals surface area contributed by atoms with E-state index in [4.69, 9.17) is 22.2 Å². The first-order chi connectivity index (χ1) is 10.2. The van der Waals surface area contributed by atoms with E-state index in [0.29, 0.717) is 22.7 Å². The van der Waals surface area contributed by atoms with Gasteiger partial charge in [0, 0.05) is 11.8 Å². The second-order valence-corrected chi connectivity index (χ2v) is 4.88. The van der Waals surface area contributed by atoms with E-state index in [9.17, 15) is 0 Å². The smallest absolute Gasteiger partial charge is 0.215 e. The minimum Gasteiger partial charge on any atom is -0.481 e. The van der Waals surface area contributed by atoms with E-state index in [0.717, 1.165) is 16.8 Å². The summed E-state index contributed by atoms with van der Waals surface area (Å²) in [6.07, 6.45) is 0.394. The molecule has 0 saturated heterocycles.